The molecule has 0 saturated heterocycles. The quantitative estimate of drug-likeness (QED) is 0.797. The van der Waals surface area contributed by atoms with Crippen LogP contribution >= 0.6 is 23.2 Å². The van der Waals surface area contributed by atoms with Gasteiger partial charge in [0.25, 0.3) is 0 Å². The molecule has 6 heteroatoms. The third kappa shape index (κ3) is 2.28. The van der Waals surface area contributed by atoms with Crippen molar-refractivity contribution in [1.29, 1.82) is 0 Å². The highest BCUT2D eigenvalue weighted by molar-refractivity contribution is 6.39. The van der Waals surface area contributed by atoms with Crippen molar-refractivity contribution >= 4 is 29.2 Å². The number of carbonyl (C=O) groups excluding carboxylic acids is 1. The van der Waals surface area contributed by atoms with Crippen LogP contribution in [-0.4, -0.2) is 27.3 Å². The first-order valence-electron chi connectivity index (χ1n) is 4.67. The molecule has 1 aromatic carbocycles. The number of carbonyl (C=O) groups is 1. The standard InChI is InChI=1S/C11H12Cl2O4/c1-5-6(11(14)17-4)9(15-2)8(13)10(16-3)7(5)12/h1-4H3. The summed E-state index contributed by atoms with van der Waals surface area (Å²) in [6.07, 6.45) is 0. The predicted molar refractivity (Wildman–Crippen MR) is 65.6 cm³/mol. The Labute approximate surface area is 109 Å². The van der Waals surface area contributed by atoms with Crippen molar-refractivity contribution in [3.63, 3.8) is 0 Å². The molecule has 0 unspecified atom stereocenters. The van der Waals surface area contributed by atoms with E-state index in [-0.39, 0.29) is 27.1 Å². The molecule has 0 aliphatic heterocycles. The highest BCUT2D eigenvalue weighted by Gasteiger charge is 2.26. The van der Waals surface area contributed by atoms with E-state index in [0.29, 0.717) is 5.56 Å². The lowest BCUT2D eigenvalue weighted by molar-refractivity contribution is 0.0596. The Morgan fingerprint density at radius 1 is 1.00 bits per heavy atom. The van der Waals surface area contributed by atoms with Gasteiger partial charge in [-0.15, -0.1) is 0 Å². The minimum Gasteiger partial charge on any atom is -0.494 e. The molecule has 0 aliphatic carbocycles. The third-order valence-corrected chi connectivity index (χ3v) is 3.13. The van der Waals surface area contributed by atoms with Crippen LogP contribution in [0.15, 0.2) is 0 Å². The van der Waals surface area contributed by atoms with Crippen molar-refractivity contribution in [3.05, 3.63) is 21.2 Å². The largest absolute Gasteiger partial charge is 0.494 e. The van der Waals surface area contributed by atoms with Crippen LogP contribution in [0.4, 0.5) is 0 Å². The van der Waals surface area contributed by atoms with Crippen molar-refractivity contribution in [2.45, 2.75) is 6.92 Å². The number of benzene rings is 1. The maximum Gasteiger partial charge on any atom is 0.342 e. The van der Waals surface area contributed by atoms with Crippen LogP contribution in [0.5, 0.6) is 11.5 Å². The predicted octanol–water partition coefficient (Wildman–Crippen LogP) is 3.11. The molecule has 0 radical (unpaired) electrons. The van der Waals surface area contributed by atoms with Gasteiger partial charge >= 0.3 is 5.97 Å². The van der Waals surface area contributed by atoms with Crippen molar-refractivity contribution in [3.8, 4) is 11.5 Å². The van der Waals surface area contributed by atoms with Gasteiger partial charge < -0.3 is 14.2 Å². The molecule has 0 amide bonds. The van der Waals surface area contributed by atoms with Gasteiger partial charge in [0.2, 0.25) is 0 Å². The van der Waals surface area contributed by atoms with Crippen LogP contribution in [-0.2, 0) is 4.74 Å². The van der Waals surface area contributed by atoms with E-state index in [0.717, 1.165) is 0 Å². The topological polar surface area (TPSA) is 44.8 Å². The zero-order valence-electron chi connectivity index (χ0n) is 9.89. The van der Waals surface area contributed by atoms with Gasteiger partial charge in [0.15, 0.2) is 11.5 Å². The Morgan fingerprint density at radius 2 is 1.53 bits per heavy atom. The first kappa shape index (κ1) is 13.9. The summed E-state index contributed by atoms with van der Waals surface area (Å²) >= 11 is 12.1. The second-order valence-electron chi connectivity index (χ2n) is 3.19. The highest BCUT2D eigenvalue weighted by atomic mass is 35.5. The smallest absolute Gasteiger partial charge is 0.342 e. The summed E-state index contributed by atoms with van der Waals surface area (Å²) in [6.45, 7) is 1.66. The van der Waals surface area contributed by atoms with Gasteiger partial charge in [-0.1, -0.05) is 23.2 Å². The van der Waals surface area contributed by atoms with Gasteiger partial charge in [-0.2, -0.15) is 0 Å². The summed E-state index contributed by atoms with van der Waals surface area (Å²) in [7, 11) is 4.11. The summed E-state index contributed by atoms with van der Waals surface area (Å²) in [5, 5.41) is 0.407. The van der Waals surface area contributed by atoms with Crippen molar-refractivity contribution in [1.82, 2.24) is 0 Å². The van der Waals surface area contributed by atoms with Crippen LogP contribution in [0.2, 0.25) is 10.0 Å². The fraction of sp³-hybridized carbons (Fsp3) is 0.364. The fourth-order valence-corrected chi connectivity index (χ4v) is 2.14. The number of methoxy groups -OCH3 is 3. The van der Waals surface area contributed by atoms with Crippen molar-refractivity contribution in [2.24, 2.45) is 0 Å². The molecule has 0 aromatic heterocycles. The lowest BCUT2D eigenvalue weighted by Gasteiger charge is -2.16. The number of halogens is 2. The zero-order valence-corrected chi connectivity index (χ0v) is 11.4. The molecule has 0 N–H and O–H groups in total. The number of hydrogen-bond donors (Lipinski definition) is 0. The zero-order chi connectivity index (χ0) is 13.2. The Kier molecular flexibility index (Phi) is 4.48. The molecule has 0 spiro atoms. The second-order valence-corrected chi connectivity index (χ2v) is 3.94. The average Bonchev–Trinajstić information content (AvgIpc) is 2.33. The average molecular weight is 279 g/mol. The van der Waals surface area contributed by atoms with E-state index in [1.807, 2.05) is 0 Å². The highest BCUT2D eigenvalue weighted by Crippen LogP contribution is 2.45. The molecule has 0 atom stereocenters. The molecule has 17 heavy (non-hydrogen) atoms. The fourth-order valence-electron chi connectivity index (χ4n) is 1.48. The van der Waals surface area contributed by atoms with E-state index in [1.54, 1.807) is 6.92 Å². The van der Waals surface area contributed by atoms with E-state index in [9.17, 15) is 4.79 Å². The van der Waals surface area contributed by atoms with Gasteiger partial charge in [-0.25, -0.2) is 4.79 Å². The van der Waals surface area contributed by atoms with Crippen LogP contribution in [0.3, 0.4) is 0 Å². The monoisotopic (exact) mass is 278 g/mol. The van der Waals surface area contributed by atoms with Crippen LogP contribution < -0.4 is 9.47 Å². The van der Waals surface area contributed by atoms with Crippen LogP contribution in [0.25, 0.3) is 0 Å². The Balaban J connectivity index is 3.65. The maximum atomic E-state index is 11.7. The number of hydrogen-bond acceptors (Lipinski definition) is 4. The second kappa shape index (κ2) is 5.47. The van der Waals surface area contributed by atoms with Gasteiger partial charge in [-0.05, 0) is 12.5 Å². The molecule has 0 fully saturated rings. The van der Waals surface area contributed by atoms with Crippen molar-refractivity contribution < 1.29 is 19.0 Å². The van der Waals surface area contributed by atoms with Gasteiger partial charge in [0.1, 0.15) is 10.6 Å². The summed E-state index contributed by atoms with van der Waals surface area (Å²) in [5.74, 6) is -0.0987. The lowest BCUT2D eigenvalue weighted by atomic mass is 10.1. The van der Waals surface area contributed by atoms with Crippen molar-refractivity contribution in [2.75, 3.05) is 21.3 Å². The minimum absolute atomic E-state index is 0.144. The Bertz CT molecular complexity index is 458. The molecular weight excluding hydrogens is 267 g/mol. The molecule has 0 heterocycles. The SMILES string of the molecule is COC(=O)c1c(C)c(Cl)c(OC)c(Cl)c1OC. The van der Waals surface area contributed by atoms with Gasteiger partial charge in [0.05, 0.1) is 26.4 Å². The maximum absolute atomic E-state index is 11.7. The van der Waals surface area contributed by atoms with E-state index in [4.69, 9.17) is 32.7 Å². The van der Waals surface area contributed by atoms with E-state index in [1.165, 1.54) is 21.3 Å². The minimum atomic E-state index is -0.564. The molecule has 0 saturated carbocycles. The summed E-state index contributed by atoms with van der Waals surface area (Å²) in [6, 6.07) is 0. The van der Waals surface area contributed by atoms with E-state index in [2.05, 4.69) is 4.74 Å². The summed E-state index contributed by atoms with van der Waals surface area (Å²) < 4.78 is 14.8. The Morgan fingerprint density at radius 3 is 1.94 bits per heavy atom. The normalized spacial score (nSPS) is 10.0. The molecule has 0 aliphatic rings. The molecule has 4 nitrogen and oxygen atoms in total. The van der Waals surface area contributed by atoms with E-state index >= 15 is 0 Å². The van der Waals surface area contributed by atoms with Gasteiger partial charge in [-0.3, -0.25) is 0 Å². The van der Waals surface area contributed by atoms with E-state index < -0.39 is 5.97 Å². The first-order chi connectivity index (χ1) is 7.99. The van der Waals surface area contributed by atoms with Gasteiger partial charge in [0, 0.05) is 0 Å². The van der Waals surface area contributed by atoms with Crippen LogP contribution in [0.1, 0.15) is 15.9 Å². The summed E-state index contributed by atoms with van der Waals surface area (Å²) in [4.78, 5) is 11.7. The number of esters is 1. The molecular formula is C11H12Cl2O4. The molecule has 0 bridgehead atoms. The summed E-state index contributed by atoms with van der Waals surface area (Å²) in [5.41, 5.74) is 0.697. The third-order valence-electron chi connectivity index (χ3n) is 2.33. The number of ether oxygens (including phenoxy) is 3. The molecule has 94 valence electrons. The Hall–Kier alpha value is -1.13. The first-order valence-corrected chi connectivity index (χ1v) is 5.43. The molecule has 1 rings (SSSR count). The molecule has 1 aromatic rings. The van der Waals surface area contributed by atoms with Crippen LogP contribution in [0, 0.1) is 6.92 Å². The lowest BCUT2D eigenvalue weighted by Crippen LogP contribution is -2.08. The number of rotatable bonds is 3.